The molecule has 1 amide bonds. The van der Waals surface area contributed by atoms with Gasteiger partial charge in [-0.15, -0.1) is 0 Å². The van der Waals surface area contributed by atoms with Gasteiger partial charge in [0.05, 0.1) is 11.4 Å². The third kappa shape index (κ3) is 2.45. The van der Waals surface area contributed by atoms with E-state index in [1.165, 1.54) is 0 Å². The van der Waals surface area contributed by atoms with E-state index in [0.717, 1.165) is 12.1 Å². The highest BCUT2D eigenvalue weighted by molar-refractivity contribution is 5.94. The number of hydrogen-bond donors (Lipinski definition) is 2. The second-order valence-electron chi connectivity index (χ2n) is 4.01. The standard InChI is InChI=1S/C12H19N3O/c1-4-8(2)15(3)11-6-5-9(12(14)16)7-10(11)13/h5-8H,4,13H2,1-3H3,(H2,14,16). The van der Waals surface area contributed by atoms with Crippen LogP contribution in [-0.4, -0.2) is 19.0 Å². The zero-order valence-corrected chi connectivity index (χ0v) is 10.0. The first kappa shape index (κ1) is 12.4. The van der Waals surface area contributed by atoms with Gasteiger partial charge in [0.15, 0.2) is 0 Å². The lowest BCUT2D eigenvalue weighted by Crippen LogP contribution is -2.28. The summed E-state index contributed by atoms with van der Waals surface area (Å²) in [5.41, 5.74) is 13.0. The van der Waals surface area contributed by atoms with E-state index in [0.29, 0.717) is 17.3 Å². The maximum absolute atomic E-state index is 11.0. The zero-order chi connectivity index (χ0) is 12.3. The molecule has 1 atom stereocenters. The molecule has 4 heteroatoms. The van der Waals surface area contributed by atoms with Crippen molar-refractivity contribution in [1.82, 2.24) is 0 Å². The molecule has 1 rings (SSSR count). The predicted molar refractivity (Wildman–Crippen MR) is 67.5 cm³/mol. The highest BCUT2D eigenvalue weighted by atomic mass is 16.1. The van der Waals surface area contributed by atoms with Gasteiger partial charge in [-0.3, -0.25) is 4.79 Å². The van der Waals surface area contributed by atoms with E-state index in [4.69, 9.17) is 11.5 Å². The lowest BCUT2D eigenvalue weighted by Gasteiger charge is -2.27. The van der Waals surface area contributed by atoms with E-state index >= 15 is 0 Å². The first-order valence-corrected chi connectivity index (χ1v) is 5.39. The second-order valence-corrected chi connectivity index (χ2v) is 4.01. The number of nitrogens with zero attached hydrogens (tertiary/aromatic N) is 1. The molecular formula is C12H19N3O. The van der Waals surface area contributed by atoms with Crippen LogP contribution in [0.15, 0.2) is 18.2 Å². The molecule has 88 valence electrons. The van der Waals surface area contributed by atoms with Gasteiger partial charge in [-0.05, 0) is 31.5 Å². The molecule has 0 aliphatic carbocycles. The van der Waals surface area contributed by atoms with Gasteiger partial charge in [0, 0.05) is 18.7 Å². The first-order chi connectivity index (χ1) is 7.47. The van der Waals surface area contributed by atoms with Gasteiger partial charge < -0.3 is 16.4 Å². The number of benzene rings is 1. The van der Waals surface area contributed by atoms with Crippen LogP contribution in [0, 0.1) is 0 Å². The number of nitrogen functional groups attached to an aromatic ring is 1. The molecule has 4 N–H and O–H groups in total. The number of carbonyl (C=O) groups is 1. The number of rotatable bonds is 4. The van der Waals surface area contributed by atoms with Crippen molar-refractivity contribution in [2.75, 3.05) is 17.7 Å². The smallest absolute Gasteiger partial charge is 0.248 e. The van der Waals surface area contributed by atoms with E-state index in [1.54, 1.807) is 12.1 Å². The van der Waals surface area contributed by atoms with Crippen LogP contribution in [0.2, 0.25) is 0 Å². The summed E-state index contributed by atoms with van der Waals surface area (Å²) in [6.07, 6.45) is 1.04. The van der Waals surface area contributed by atoms with Crippen LogP contribution in [0.4, 0.5) is 11.4 Å². The Balaban J connectivity index is 3.03. The number of hydrogen-bond acceptors (Lipinski definition) is 3. The summed E-state index contributed by atoms with van der Waals surface area (Å²) in [5, 5.41) is 0. The van der Waals surface area contributed by atoms with Crippen LogP contribution >= 0.6 is 0 Å². The Morgan fingerprint density at radius 1 is 1.50 bits per heavy atom. The molecule has 0 fully saturated rings. The average molecular weight is 221 g/mol. The molecule has 4 nitrogen and oxygen atoms in total. The third-order valence-corrected chi connectivity index (χ3v) is 2.94. The SMILES string of the molecule is CCC(C)N(C)c1ccc(C(N)=O)cc1N. The maximum atomic E-state index is 11.0. The molecule has 0 aliphatic heterocycles. The fraction of sp³-hybridized carbons (Fsp3) is 0.417. The summed E-state index contributed by atoms with van der Waals surface area (Å²) >= 11 is 0. The monoisotopic (exact) mass is 221 g/mol. The third-order valence-electron chi connectivity index (χ3n) is 2.94. The highest BCUT2D eigenvalue weighted by Gasteiger charge is 2.12. The van der Waals surface area contributed by atoms with Gasteiger partial charge in [-0.25, -0.2) is 0 Å². The largest absolute Gasteiger partial charge is 0.397 e. The number of anilines is 2. The van der Waals surface area contributed by atoms with Crippen molar-refractivity contribution < 1.29 is 4.79 Å². The van der Waals surface area contributed by atoms with Crippen molar-refractivity contribution in [2.24, 2.45) is 5.73 Å². The topological polar surface area (TPSA) is 72.3 Å². The van der Waals surface area contributed by atoms with Crippen LogP contribution in [0.1, 0.15) is 30.6 Å². The Morgan fingerprint density at radius 2 is 2.12 bits per heavy atom. The van der Waals surface area contributed by atoms with E-state index < -0.39 is 5.91 Å². The Hall–Kier alpha value is -1.71. The Labute approximate surface area is 96.2 Å². The summed E-state index contributed by atoms with van der Waals surface area (Å²) < 4.78 is 0. The van der Waals surface area contributed by atoms with Crippen LogP contribution in [0.5, 0.6) is 0 Å². The molecule has 1 aromatic rings. The highest BCUT2D eigenvalue weighted by Crippen LogP contribution is 2.25. The zero-order valence-electron chi connectivity index (χ0n) is 10.0. The van der Waals surface area contributed by atoms with Gasteiger partial charge in [0.2, 0.25) is 5.91 Å². The molecule has 0 radical (unpaired) electrons. The molecule has 0 heterocycles. The minimum absolute atomic E-state index is 0.404. The fourth-order valence-electron chi connectivity index (χ4n) is 1.54. The molecular weight excluding hydrogens is 202 g/mol. The molecule has 0 bridgehead atoms. The van der Waals surface area contributed by atoms with Gasteiger partial charge in [-0.1, -0.05) is 6.92 Å². The van der Waals surface area contributed by atoms with E-state index in [1.807, 2.05) is 13.1 Å². The summed E-state index contributed by atoms with van der Waals surface area (Å²) in [7, 11) is 1.99. The lowest BCUT2D eigenvalue weighted by atomic mass is 10.1. The number of amides is 1. The Bertz CT molecular complexity index is 390. The van der Waals surface area contributed by atoms with Gasteiger partial charge in [0.1, 0.15) is 0 Å². The number of carbonyl (C=O) groups excluding carboxylic acids is 1. The molecule has 16 heavy (non-hydrogen) atoms. The minimum Gasteiger partial charge on any atom is -0.397 e. The van der Waals surface area contributed by atoms with Gasteiger partial charge in [-0.2, -0.15) is 0 Å². The van der Waals surface area contributed by atoms with Crippen molar-refractivity contribution in [3.8, 4) is 0 Å². The van der Waals surface area contributed by atoms with E-state index in [9.17, 15) is 4.79 Å². The van der Waals surface area contributed by atoms with E-state index in [-0.39, 0.29) is 0 Å². The molecule has 0 aromatic heterocycles. The molecule has 0 aliphatic rings. The summed E-state index contributed by atoms with van der Waals surface area (Å²) in [6, 6.07) is 5.56. The van der Waals surface area contributed by atoms with Crippen molar-refractivity contribution in [3.63, 3.8) is 0 Å². The summed E-state index contributed by atoms with van der Waals surface area (Å²) in [6.45, 7) is 4.25. The molecule has 1 unspecified atom stereocenters. The Kier molecular flexibility index (Phi) is 3.77. The molecule has 0 saturated heterocycles. The molecule has 0 saturated carbocycles. The van der Waals surface area contributed by atoms with Crippen LogP contribution in [0.25, 0.3) is 0 Å². The maximum Gasteiger partial charge on any atom is 0.248 e. The first-order valence-electron chi connectivity index (χ1n) is 5.39. The van der Waals surface area contributed by atoms with Gasteiger partial charge >= 0.3 is 0 Å². The van der Waals surface area contributed by atoms with Crippen molar-refractivity contribution in [1.29, 1.82) is 0 Å². The molecule has 0 spiro atoms. The van der Waals surface area contributed by atoms with E-state index in [2.05, 4.69) is 18.7 Å². The van der Waals surface area contributed by atoms with Crippen LogP contribution < -0.4 is 16.4 Å². The predicted octanol–water partition coefficient (Wildman–Crippen LogP) is 1.60. The normalized spacial score (nSPS) is 12.2. The lowest BCUT2D eigenvalue weighted by molar-refractivity contribution is 0.100. The van der Waals surface area contributed by atoms with Crippen molar-refractivity contribution >= 4 is 17.3 Å². The van der Waals surface area contributed by atoms with Crippen molar-refractivity contribution in [3.05, 3.63) is 23.8 Å². The number of primary amides is 1. The van der Waals surface area contributed by atoms with Crippen LogP contribution in [-0.2, 0) is 0 Å². The quantitative estimate of drug-likeness (QED) is 0.758. The van der Waals surface area contributed by atoms with Crippen LogP contribution in [0.3, 0.4) is 0 Å². The minimum atomic E-state index is -0.454. The summed E-state index contributed by atoms with van der Waals surface area (Å²) in [4.78, 5) is 13.1. The average Bonchev–Trinajstić information content (AvgIpc) is 2.26. The van der Waals surface area contributed by atoms with Crippen molar-refractivity contribution in [2.45, 2.75) is 26.3 Å². The van der Waals surface area contributed by atoms with Gasteiger partial charge in [0.25, 0.3) is 0 Å². The molecule has 1 aromatic carbocycles. The summed E-state index contributed by atoms with van der Waals surface area (Å²) in [5.74, 6) is -0.454. The number of nitrogens with two attached hydrogens (primary N) is 2. The second kappa shape index (κ2) is 4.88. The fourth-order valence-corrected chi connectivity index (χ4v) is 1.54. The Morgan fingerprint density at radius 3 is 2.56 bits per heavy atom.